The van der Waals surface area contributed by atoms with E-state index in [1.165, 1.54) is 12.8 Å². The van der Waals surface area contributed by atoms with Gasteiger partial charge in [-0.15, -0.1) is 0 Å². The molecule has 2 aliphatic rings. The normalized spacial score (nSPS) is 20.2. The lowest BCUT2D eigenvalue weighted by Gasteiger charge is -2.28. The summed E-state index contributed by atoms with van der Waals surface area (Å²) in [5.74, 6) is 0.683. The highest BCUT2D eigenvalue weighted by molar-refractivity contribution is 6.30. The van der Waals surface area contributed by atoms with Gasteiger partial charge in [-0.2, -0.15) is 0 Å². The number of ether oxygens (including phenoxy) is 2. The number of likely N-dealkylation sites (tertiary alicyclic amines) is 1. The summed E-state index contributed by atoms with van der Waals surface area (Å²) in [5.41, 5.74) is 1.77. The maximum Gasteiger partial charge on any atom is 0.251 e. The summed E-state index contributed by atoms with van der Waals surface area (Å²) in [5, 5.41) is 3.83. The minimum absolute atomic E-state index is 0.0769. The van der Waals surface area contributed by atoms with Gasteiger partial charge in [-0.1, -0.05) is 23.7 Å². The number of hydrogen-bond acceptors (Lipinski definition) is 4. The lowest BCUT2D eigenvalue weighted by Crippen LogP contribution is -2.36. The summed E-state index contributed by atoms with van der Waals surface area (Å²) >= 11 is 6.21. The maximum absolute atomic E-state index is 12.7. The van der Waals surface area contributed by atoms with Gasteiger partial charge in [-0.05, 0) is 80.7 Å². The molecule has 30 heavy (non-hydrogen) atoms. The third-order valence-corrected chi connectivity index (χ3v) is 6.08. The molecule has 2 aromatic rings. The fourth-order valence-corrected chi connectivity index (χ4v) is 4.38. The summed E-state index contributed by atoms with van der Waals surface area (Å²) in [4.78, 5) is 15.1. The number of carbonyl (C=O) groups is 1. The molecule has 2 aliphatic heterocycles. The van der Waals surface area contributed by atoms with Gasteiger partial charge in [0, 0.05) is 23.7 Å². The lowest BCUT2D eigenvalue weighted by molar-refractivity contribution is 0.0679. The van der Waals surface area contributed by atoms with Crippen LogP contribution in [0, 0.1) is 0 Å². The van der Waals surface area contributed by atoms with Gasteiger partial charge in [0.15, 0.2) is 0 Å². The van der Waals surface area contributed by atoms with Gasteiger partial charge in [0.2, 0.25) is 0 Å². The average molecular weight is 429 g/mol. The van der Waals surface area contributed by atoms with Crippen LogP contribution in [0.25, 0.3) is 0 Å². The molecule has 2 fully saturated rings. The number of carbonyl (C=O) groups excluding carboxylic acids is 1. The van der Waals surface area contributed by atoms with Crippen molar-refractivity contribution in [2.75, 3.05) is 32.8 Å². The number of rotatable bonds is 8. The van der Waals surface area contributed by atoms with Gasteiger partial charge in [-0.25, -0.2) is 0 Å². The quantitative estimate of drug-likeness (QED) is 0.674. The Hall–Kier alpha value is -2.08. The first-order valence-electron chi connectivity index (χ1n) is 10.8. The summed E-state index contributed by atoms with van der Waals surface area (Å²) in [7, 11) is 0. The van der Waals surface area contributed by atoms with E-state index in [4.69, 9.17) is 21.1 Å². The molecule has 2 saturated heterocycles. The Balaban J connectivity index is 1.34. The van der Waals surface area contributed by atoms with Crippen molar-refractivity contribution in [1.29, 1.82) is 0 Å². The van der Waals surface area contributed by atoms with E-state index < -0.39 is 0 Å². The fraction of sp³-hybridized carbons (Fsp3) is 0.458. The van der Waals surface area contributed by atoms with Crippen LogP contribution in [0.2, 0.25) is 5.02 Å². The molecule has 2 atom stereocenters. The predicted octanol–water partition coefficient (Wildman–Crippen LogP) is 4.46. The minimum Gasteiger partial charge on any atom is -0.491 e. The Morgan fingerprint density at radius 3 is 2.67 bits per heavy atom. The third-order valence-electron chi connectivity index (χ3n) is 5.85. The number of benzene rings is 2. The van der Waals surface area contributed by atoms with E-state index in [2.05, 4.69) is 16.3 Å². The molecule has 6 heteroatoms. The van der Waals surface area contributed by atoms with E-state index in [0.29, 0.717) is 18.7 Å². The summed E-state index contributed by atoms with van der Waals surface area (Å²) in [6, 6.07) is 15.4. The van der Waals surface area contributed by atoms with Crippen LogP contribution >= 0.6 is 11.6 Å². The Kier molecular flexibility index (Phi) is 7.26. The van der Waals surface area contributed by atoms with E-state index in [0.717, 1.165) is 48.9 Å². The Morgan fingerprint density at radius 1 is 1.17 bits per heavy atom. The van der Waals surface area contributed by atoms with Crippen LogP contribution in [-0.2, 0) is 4.74 Å². The van der Waals surface area contributed by atoms with Crippen molar-refractivity contribution in [3.8, 4) is 5.75 Å². The predicted molar refractivity (Wildman–Crippen MR) is 118 cm³/mol. The van der Waals surface area contributed by atoms with Crippen molar-refractivity contribution in [3.63, 3.8) is 0 Å². The molecule has 4 rings (SSSR count). The van der Waals surface area contributed by atoms with E-state index in [1.54, 1.807) is 0 Å². The monoisotopic (exact) mass is 428 g/mol. The SMILES string of the molecule is O=C(NCC(c1cccc(Cl)c1)N1CCCC1)c1ccc(OCC2CCCO2)cc1. The highest BCUT2D eigenvalue weighted by atomic mass is 35.5. The van der Waals surface area contributed by atoms with E-state index in [-0.39, 0.29) is 18.1 Å². The van der Waals surface area contributed by atoms with Gasteiger partial charge in [0.05, 0.1) is 12.1 Å². The maximum atomic E-state index is 12.7. The molecule has 0 bridgehead atoms. The van der Waals surface area contributed by atoms with Crippen LogP contribution < -0.4 is 10.1 Å². The molecule has 1 amide bonds. The molecule has 2 heterocycles. The number of amides is 1. The summed E-state index contributed by atoms with van der Waals surface area (Å²) in [6.45, 7) is 4.02. The van der Waals surface area contributed by atoms with Crippen LogP contribution in [0.5, 0.6) is 5.75 Å². The van der Waals surface area contributed by atoms with Crippen molar-refractivity contribution in [2.45, 2.75) is 37.8 Å². The van der Waals surface area contributed by atoms with Crippen molar-refractivity contribution in [2.24, 2.45) is 0 Å². The Bertz CT molecular complexity index is 831. The van der Waals surface area contributed by atoms with E-state index in [1.807, 2.05) is 42.5 Å². The first-order valence-corrected chi connectivity index (χ1v) is 11.2. The van der Waals surface area contributed by atoms with Crippen LogP contribution in [0.1, 0.15) is 47.6 Å². The molecule has 2 aromatic carbocycles. The molecule has 0 radical (unpaired) electrons. The second kappa shape index (κ2) is 10.3. The second-order valence-corrected chi connectivity index (χ2v) is 8.43. The molecule has 160 valence electrons. The zero-order valence-electron chi connectivity index (χ0n) is 17.2. The largest absolute Gasteiger partial charge is 0.491 e. The van der Waals surface area contributed by atoms with E-state index >= 15 is 0 Å². The van der Waals surface area contributed by atoms with Crippen LogP contribution in [-0.4, -0.2) is 49.8 Å². The van der Waals surface area contributed by atoms with Gasteiger partial charge < -0.3 is 14.8 Å². The van der Waals surface area contributed by atoms with Gasteiger partial charge >= 0.3 is 0 Å². The highest BCUT2D eigenvalue weighted by Gasteiger charge is 2.24. The Labute approximate surface area is 183 Å². The average Bonchev–Trinajstić information content (AvgIpc) is 3.47. The number of nitrogens with zero attached hydrogens (tertiary/aromatic N) is 1. The molecule has 0 aliphatic carbocycles. The van der Waals surface area contributed by atoms with Gasteiger partial charge in [-0.3, -0.25) is 9.69 Å². The Morgan fingerprint density at radius 2 is 1.97 bits per heavy atom. The molecule has 5 nitrogen and oxygen atoms in total. The molecule has 0 aromatic heterocycles. The van der Waals surface area contributed by atoms with Crippen molar-refractivity contribution in [3.05, 3.63) is 64.7 Å². The first kappa shape index (κ1) is 21.2. The van der Waals surface area contributed by atoms with Crippen molar-refractivity contribution >= 4 is 17.5 Å². The van der Waals surface area contributed by atoms with E-state index in [9.17, 15) is 4.79 Å². The molecule has 1 N–H and O–H groups in total. The van der Waals surface area contributed by atoms with Crippen LogP contribution in [0.15, 0.2) is 48.5 Å². The molecule has 2 unspecified atom stereocenters. The topological polar surface area (TPSA) is 50.8 Å². The lowest BCUT2D eigenvalue weighted by atomic mass is 10.1. The van der Waals surface area contributed by atoms with Crippen LogP contribution in [0.4, 0.5) is 0 Å². The molecule has 0 saturated carbocycles. The van der Waals surface area contributed by atoms with Gasteiger partial charge in [0.25, 0.3) is 5.91 Å². The van der Waals surface area contributed by atoms with Crippen molar-refractivity contribution < 1.29 is 14.3 Å². The number of hydrogen-bond donors (Lipinski definition) is 1. The summed E-state index contributed by atoms with van der Waals surface area (Å²) in [6.07, 6.45) is 4.71. The zero-order valence-corrected chi connectivity index (χ0v) is 17.9. The third kappa shape index (κ3) is 5.54. The van der Waals surface area contributed by atoms with Crippen LogP contribution in [0.3, 0.4) is 0 Å². The first-order chi connectivity index (χ1) is 14.7. The molecular weight excluding hydrogens is 400 g/mol. The zero-order chi connectivity index (χ0) is 20.8. The molecule has 0 spiro atoms. The second-order valence-electron chi connectivity index (χ2n) is 7.99. The van der Waals surface area contributed by atoms with Gasteiger partial charge in [0.1, 0.15) is 12.4 Å². The number of halogens is 1. The fourth-order valence-electron chi connectivity index (χ4n) is 4.18. The standard InChI is InChI=1S/C24H29ClN2O3/c25-20-6-3-5-19(15-20)23(27-12-1-2-13-27)16-26-24(28)18-8-10-21(11-9-18)30-17-22-7-4-14-29-22/h3,5-6,8-11,15,22-23H,1-2,4,7,12-14,16-17H2,(H,26,28). The summed E-state index contributed by atoms with van der Waals surface area (Å²) < 4.78 is 11.4. The number of nitrogens with one attached hydrogen (secondary N) is 1. The minimum atomic E-state index is -0.0769. The highest BCUT2D eigenvalue weighted by Crippen LogP contribution is 2.26. The smallest absolute Gasteiger partial charge is 0.251 e. The molecular formula is C24H29ClN2O3. The van der Waals surface area contributed by atoms with Crippen molar-refractivity contribution in [1.82, 2.24) is 10.2 Å².